The van der Waals surface area contributed by atoms with E-state index in [0.29, 0.717) is 29.0 Å². The van der Waals surface area contributed by atoms with Crippen LogP contribution in [0.15, 0.2) is 60.3 Å². The number of amides is 2. The summed E-state index contributed by atoms with van der Waals surface area (Å²) in [5, 5.41) is 25.1. The van der Waals surface area contributed by atoms with E-state index in [4.69, 9.17) is 21.1 Å². The van der Waals surface area contributed by atoms with Gasteiger partial charge in [-0.15, -0.1) is 16.8 Å². The van der Waals surface area contributed by atoms with E-state index in [0.717, 1.165) is 17.3 Å². The molecule has 39 heavy (non-hydrogen) atoms. The highest BCUT2D eigenvalue weighted by atomic mass is 35.5. The first-order chi connectivity index (χ1) is 18.7. The van der Waals surface area contributed by atoms with Crippen molar-refractivity contribution in [1.82, 2.24) is 20.1 Å². The van der Waals surface area contributed by atoms with Gasteiger partial charge in [0.2, 0.25) is 11.8 Å². The highest BCUT2D eigenvalue weighted by Gasteiger charge is 2.16. The number of nitrogens with one attached hydrogen (secondary N) is 2. The fourth-order valence-electron chi connectivity index (χ4n) is 3.26. The Balaban J connectivity index is 1.59. The molecule has 0 radical (unpaired) electrons. The van der Waals surface area contributed by atoms with Crippen LogP contribution in [0.3, 0.4) is 0 Å². The quantitative estimate of drug-likeness (QED) is 0.101. The number of rotatable bonds is 13. The number of carbonyl (C=O) groups is 2. The maximum atomic E-state index is 12.5. The Morgan fingerprint density at radius 3 is 2.64 bits per heavy atom. The molecule has 1 heterocycles. The molecule has 12 nitrogen and oxygen atoms in total. The Kier molecular flexibility index (Phi) is 10.5. The highest BCUT2D eigenvalue weighted by Crippen LogP contribution is 2.28. The zero-order valence-corrected chi connectivity index (χ0v) is 22.6. The third kappa shape index (κ3) is 8.06. The number of thioether (sulfide) groups is 1. The van der Waals surface area contributed by atoms with E-state index >= 15 is 0 Å². The van der Waals surface area contributed by atoms with Crippen molar-refractivity contribution in [2.24, 2.45) is 0 Å². The van der Waals surface area contributed by atoms with Crippen molar-refractivity contribution in [3.63, 3.8) is 0 Å². The molecule has 0 unspecified atom stereocenters. The molecule has 0 saturated carbocycles. The van der Waals surface area contributed by atoms with Crippen LogP contribution in [0, 0.1) is 10.1 Å². The van der Waals surface area contributed by atoms with Gasteiger partial charge >= 0.3 is 0 Å². The Hall–Kier alpha value is -4.36. The van der Waals surface area contributed by atoms with E-state index in [-0.39, 0.29) is 34.6 Å². The van der Waals surface area contributed by atoms with Crippen LogP contribution >= 0.6 is 23.4 Å². The Labute approximate surface area is 233 Å². The van der Waals surface area contributed by atoms with Crippen molar-refractivity contribution in [2.75, 3.05) is 25.3 Å². The van der Waals surface area contributed by atoms with Gasteiger partial charge in [0, 0.05) is 24.8 Å². The van der Waals surface area contributed by atoms with Gasteiger partial charge in [-0.05, 0) is 29.8 Å². The number of ether oxygens (including phenoxy) is 2. The highest BCUT2D eigenvalue weighted by molar-refractivity contribution is 7.99. The van der Waals surface area contributed by atoms with Crippen LogP contribution in [0.4, 0.5) is 11.4 Å². The van der Waals surface area contributed by atoms with Crippen LogP contribution in [0.1, 0.15) is 11.4 Å². The van der Waals surface area contributed by atoms with Gasteiger partial charge in [-0.3, -0.25) is 19.7 Å². The first-order valence-electron chi connectivity index (χ1n) is 11.3. The van der Waals surface area contributed by atoms with Crippen molar-refractivity contribution >= 4 is 52.6 Å². The van der Waals surface area contributed by atoms with Crippen molar-refractivity contribution in [1.29, 1.82) is 0 Å². The summed E-state index contributed by atoms with van der Waals surface area (Å²) in [4.78, 5) is 35.2. The molecular weight excluding hydrogens is 548 g/mol. The molecule has 0 aliphatic rings. The summed E-state index contributed by atoms with van der Waals surface area (Å²) >= 11 is 7.15. The molecule has 1 aromatic heterocycles. The second-order valence-corrected chi connectivity index (χ2v) is 9.07. The number of benzene rings is 2. The molecule has 0 aliphatic heterocycles. The number of hydrogen-bond acceptors (Lipinski definition) is 9. The Morgan fingerprint density at radius 1 is 1.18 bits per heavy atom. The lowest BCUT2D eigenvalue weighted by molar-refractivity contribution is -0.384. The monoisotopic (exact) mass is 572 g/mol. The number of non-ortho nitro benzene ring substituents is 1. The van der Waals surface area contributed by atoms with Gasteiger partial charge in [-0.25, -0.2) is 0 Å². The SMILES string of the molecule is C=CCn1c(CNC(=O)/C=C/c2ccc(OC)c(OC)c2)nnc1SCC(=O)Nc1cc([N+](=O)[O-])ccc1Cl. The lowest BCUT2D eigenvalue weighted by Gasteiger charge is -2.09. The maximum Gasteiger partial charge on any atom is 0.271 e. The fraction of sp³-hybridized carbons (Fsp3) is 0.200. The molecule has 3 rings (SSSR count). The number of nitro benzene ring substituents is 1. The van der Waals surface area contributed by atoms with Crippen LogP contribution in [-0.2, 0) is 22.7 Å². The molecule has 0 spiro atoms. The smallest absolute Gasteiger partial charge is 0.271 e. The summed E-state index contributed by atoms with van der Waals surface area (Å²) in [7, 11) is 3.07. The molecular formula is C25H25ClN6O6S. The topological polar surface area (TPSA) is 151 Å². The summed E-state index contributed by atoms with van der Waals surface area (Å²) in [6, 6.07) is 9.05. The standard InChI is InChI=1S/C25H25ClN6O6S/c1-4-11-31-22(14-27-23(33)10-6-16-5-9-20(37-2)21(12-16)38-3)29-30-25(31)39-15-24(34)28-19-13-17(32(35)36)7-8-18(19)26/h4-10,12-13H,1,11,14-15H2,2-3H3,(H,27,33)(H,28,34)/b10-6+. The Morgan fingerprint density at radius 2 is 1.95 bits per heavy atom. The average Bonchev–Trinajstić information content (AvgIpc) is 3.31. The minimum absolute atomic E-state index is 0.0608. The number of allylic oxidation sites excluding steroid dienone is 1. The number of carbonyl (C=O) groups excluding carboxylic acids is 2. The number of halogens is 1. The average molecular weight is 573 g/mol. The maximum absolute atomic E-state index is 12.5. The van der Waals surface area contributed by atoms with Crippen LogP contribution in [0.2, 0.25) is 5.02 Å². The third-order valence-electron chi connectivity index (χ3n) is 5.13. The van der Waals surface area contributed by atoms with Crippen LogP contribution < -0.4 is 20.1 Å². The molecule has 0 atom stereocenters. The van der Waals surface area contributed by atoms with E-state index in [1.165, 1.54) is 31.4 Å². The normalized spacial score (nSPS) is 10.7. The van der Waals surface area contributed by atoms with Crippen molar-refractivity contribution in [3.8, 4) is 11.5 Å². The molecule has 2 N–H and O–H groups in total. The third-order valence-corrected chi connectivity index (χ3v) is 6.42. The fourth-order valence-corrected chi connectivity index (χ4v) is 4.19. The minimum Gasteiger partial charge on any atom is -0.493 e. The summed E-state index contributed by atoms with van der Waals surface area (Å²) in [5.41, 5.74) is 0.688. The van der Waals surface area contributed by atoms with Gasteiger partial charge in [0.05, 0.1) is 42.2 Å². The molecule has 2 amide bonds. The van der Waals surface area contributed by atoms with Gasteiger partial charge < -0.3 is 24.7 Å². The zero-order valence-electron chi connectivity index (χ0n) is 21.0. The van der Waals surface area contributed by atoms with E-state index < -0.39 is 10.8 Å². The van der Waals surface area contributed by atoms with E-state index in [9.17, 15) is 19.7 Å². The van der Waals surface area contributed by atoms with Crippen molar-refractivity contribution in [2.45, 2.75) is 18.2 Å². The van der Waals surface area contributed by atoms with Crippen LogP contribution in [0.5, 0.6) is 11.5 Å². The first-order valence-corrected chi connectivity index (χ1v) is 12.7. The molecule has 204 valence electrons. The second kappa shape index (κ2) is 14.0. The van der Waals surface area contributed by atoms with E-state index in [2.05, 4.69) is 27.4 Å². The first kappa shape index (κ1) is 29.2. The zero-order chi connectivity index (χ0) is 28.4. The molecule has 3 aromatic rings. The van der Waals surface area contributed by atoms with Gasteiger partial charge in [0.1, 0.15) is 0 Å². The van der Waals surface area contributed by atoms with Crippen molar-refractivity contribution in [3.05, 3.63) is 81.7 Å². The number of anilines is 1. The number of aromatic nitrogens is 3. The van der Waals surface area contributed by atoms with E-state index in [1.54, 1.807) is 42.0 Å². The molecule has 0 fully saturated rings. The van der Waals surface area contributed by atoms with Crippen LogP contribution in [0.25, 0.3) is 6.08 Å². The number of nitrogens with zero attached hydrogens (tertiary/aromatic N) is 4. The molecule has 0 bridgehead atoms. The summed E-state index contributed by atoms with van der Waals surface area (Å²) in [6.07, 6.45) is 4.66. The van der Waals surface area contributed by atoms with Crippen LogP contribution in [-0.4, -0.2) is 51.5 Å². The van der Waals surface area contributed by atoms with Gasteiger partial charge in [0.25, 0.3) is 5.69 Å². The lowest BCUT2D eigenvalue weighted by Crippen LogP contribution is -2.23. The van der Waals surface area contributed by atoms with Crippen molar-refractivity contribution < 1.29 is 24.0 Å². The van der Waals surface area contributed by atoms with Gasteiger partial charge in [-0.1, -0.05) is 35.5 Å². The largest absolute Gasteiger partial charge is 0.493 e. The Bertz CT molecular complexity index is 1410. The molecule has 0 aliphatic carbocycles. The minimum atomic E-state index is -0.579. The second-order valence-electron chi connectivity index (χ2n) is 7.72. The number of nitro groups is 1. The summed E-state index contributed by atoms with van der Waals surface area (Å²) in [5.74, 6) is 0.747. The molecule has 0 saturated heterocycles. The number of methoxy groups -OCH3 is 2. The molecule has 14 heteroatoms. The summed E-state index contributed by atoms with van der Waals surface area (Å²) < 4.78 is 12.2. The van der Waals surface area contributed by atoms with Gasteiger partial charge in [0.15, 0.2) is 22.5 Å². The summed E-state index contributed by atoms with van der Waals surface area (Å²) in [6.45, 7) is 4.17. The molecule has 2 aromatic carbocycles. The predicted octanol–water partition coefficient (Wildman–Crippen LogP) is 4.10. The van der Waals surface area contributed by atoms with Gasteiger partial charge in [-0.2, -0.15) is 0 Å². The predicted molar refractivity (Wildman–Crippen MR) is 148 cm³/mol. The van der Waals surface area contributed by atoms with E-state index in [1.807, 2.05) is 0 Å². The lowest BCUT2D eigenvalue weighted by atomic mass is 10.2. The number of hydrogen-bond donors (Lipinski definition) is 2.